The molecule has 1 rings (SSSR count). The molecule has 0 aliphatic rings. The molecule has 4 nitrogen and oxygen atoms in total. The van der Waals surface area contributed by atoms with Gasteiger partial charge in [-0.05, 0) is 55.5 Å². The van der Waals surface area contributed by atoms with Crippen LogP contribution in [0.5, 0.6) is 0 Å². The molecule has 1 atom stereocenters. The molecule has 0 heterocycles. The third kappa shape index (κ3) is 6.50. The van der Waals surface area contributed by atoms with Gasteiger partial charge in [0.05, 0.1) is 6.10 Å². The number of rotatable bonds is 6. The molecule has 0 aliphatic carbocycles. The maximum Gasteiger partial charge on any atom is 0.319 e. The summed E-state index contributed by atoms with van der Waals surface area (Å²) in [6.45, 7) is 4.25. The number of urea groups is 1. The second kappa shape index (κ2) is 8.07. The quantitative estimate of drug-likeness (QED) is 0.751. The van der Waals surface area contributed by atoms with E-state index in [1.807, 2.05) is 32.2 Å². The van der Waals surface area contributed by atoms with Gasteiger partial charge < -0.3 is 15.7 Å². The van der Waals surface area contributed by atoms with E-state index in [4.69, 9.17) is 0 Å². The van der Waals surface area contributed by atoms with Gasteiger partial charge in [0, 0.05) is 12.2 Å². The molecule has 0 aromatic heterocycles. The predicted molar refractivity (Wildman–Crippen MR) is 81.9 cm³/mol. The molecule has 0 bridgehead atoms. The van der Waals surface area contributed by atoms with Crippen LogP contribution in [0.3, 0.4) is 0 Å². The Bertz CT molecular complexity index is 404. The zero-order valence-electron chi connectivity index (χ0n) is 11.7. The Labute approximate surface area is 119 Å². The number of benzene rings is 1. The topological polar surface area (TPSA) is 61.4 Å². The third-order valence-corrected chi connectivity index (χ3v) is 3.28. The van der Waals surface area contributed by atoms with Crippen molar-refractivity contribution in [3.8, 4) is 0 Å². The first-order valence-electron chi connectivity index (χ1n) is 6.31. The molecule has 0 fully saturated rings. The molecule has 2 amide bonds. The fourth-order valence-electron chi connectivity index (χ4n) is 1.79. The Morgan fingerprint density at radius 3 is 2.53 bits per heavy atom. The average molecular weight is 282 g/mol. The van der Waals surface area contributed by atoms with E-state index in [9.17, 15) is 9.90 Å². The van der Waals surface area contributed by atoms with Gasteiger partial charge in [-0.15, -0.1) is 0 Å². The fraction of sp³-hybridized carbons (Fsp3) is 0.500. The predicted octanol–water partition coefficient (Wildman–Crippen LogP) is 2.54. The summed E-state index contributed by atoms with van der Waals surface area (Å²) in [6.07, 6.45) is 2.19. The highest BCUT2D eigenvalue weighted by Gasteiger charge is 2.07. The molecule has 0 spiro atoms. The minimum Gasteiger partial charge on any atom is -0.391 e. The van der Waals surface area contributed by atoms with Gasteiger partial charge in [-0.2, -0.15) is 11.8 Å². The number of aliphatic hydroxyl groups is 1. The summed E-state index contributed by atoms with van der Waals surface area (Å²) in [5, 5.41) is 15.1. The number of anilines is 1. The summed E-state index contributed by atoms with van der Waals surface area (Å²) >= 11 is 1.68. The summed E-state index contributed by atoms with van der Waals surface area (Å²) < 4.78 is 0. The van der Waals surface area contributed by atoms with Crippen LogP contribution in [-0.2, 0) is 0 Å². The van der Waals surface area contributed by atoms with Crippen molar-refractivity contribution >= 4 is 23.5 Å². The molecule has 3 N–H and O–H groups in total. The zero-order chi connectivity index (χ0) is 14.3. The minimum absolute atomic E-state index is 0.275. The van der Waals surface area contributed by atoms with E-state index in [0.29, 0.717) is 6.42 Å². The second-order valence-corrected chi connectivity index (χ2v) is 5.63. The minimum atomic E-state index is -0.488. The highest BCUT2D eigenvalue weighted by Crippen LogP contribution is 2.13. The van der Waals surface area contributed by atoms with Gasteiger partial charge in [0.2, 0.25) is 0 Å². The Morgan fingerprint density at radius 1 is 1.32 bits per heavy atom. The summed E-state index contributed by atoms with van der Waals surface area (Å²) in [7, 11) is 0. The first-order chi connectivity index (χ1) is 9.01. The maximum atomic E-state index is 11.7. The summed E-state index contributed by atoms with van der Waals surface area (Å²) in [4.78, 5) is 11.7. The largest absolute Gasteiger partial charge is 0.391 e. The molecule has 106 valence electrons. The van der Waals surface area contributed by atoms with Gasteiger partial charge in [0.1, 0.15) is 0 Å². The lowest BCUT2D eigenvalue weighted by atomic mass is 10.1. The lowest BCUT2D eigenvalue weighted by Gasteiger charge is -2.12. The van der Waals surface area contributed by atoms with Crippen molar-refractivity contribution < 1.29 is 9.90 Å². The normalized spacial score (nSPS) is 12.0. The SMILES string of the molecule is CSCCC(O)CNC(=O)Nc1cc(C)cc(C)c1. The van der Waals surface area contributed by atoms with Crippen LogP contribution in [0.1, 0.15) is 17.5 Å². The Hall–Kier alpha value is -1.20. The molecule has 0 radical (unpaired) electrons. The maximum absolute atomic E-state index is 11.7. The van der Waals surface area contributed by atoms with Crippen LogP contribution in [0.2, 0.25) is 0 Å². The highest BCUT2D eigenvalue weighted by atomic mass is 32.2. The Balaban J connectivity index is 2.38. The lowest BCUT2D eigenvalue weighted by molar-refractivity contribution is 0.169. The van der Waals surface area contributed by atoms with E-state index >= 15 is 0 Å². The number of hydrogen-bond acceptors (Lipinski definition) is 3. The van der Waals surface area contributed by atoms with Crippen molar-refractivity contribution in [2.24, 2.45) is 0 Å². The molecule has 0 saturated heterocycles. The van der Waals surface area contributed by atoms with Crippen molar-refractivity contribution in [1.29, 1.82) is 0 Å². The van der Waals surface area contributed by atoms with Crippen LogP contribution in [0.4, 0.5) is 10.5 Å². The van der Waals surface area contributed by atoms with Gasteiger partial charge in [-0.25, -0.2) is 4.79 Å². The van der Waals surface area contributed by atoms with E-state index in [2.05, 4.69) is 16.7 Å². The number of aryl methyl sites for hydroxylation is 2. The van der Waals surface area contributed by atoms with E-state index in [1.54, 1.807) is 11.8 Å². The van der Waals surface area contributed by atoms with E-state index < -0.39 is 6.10 Å². The average Bonchev–Trinajstić information content (AvgIpc) is 2.32. The van der Waals surface area contributed by atoms with Crippen LogP contribution >= 0.6 is 11.8 Å². The van der Waals surface area contributed by atoms with Gasteiger partial charge in [0.25, 0.3) is 0 Å². The van der Waals surface area contributed by atoms with E-state index in [0.717, 1.165) is 22.6 Å². The van der Waals surface area contributed by atoms with Gasteiger partial charge in [0.15, 0.2) is 0 Å². The smallest absolute Gasteiger partial charge is 0.319 e. The monoisotopic (exact) mass is 282 g/mol. The van der Waals surface area contributed by atoms with Crippen LogP contribution in [0.25, 0.3) is 0 Å². The molecular formula is C14H22N2O2S. The van der Waals surface area contributed by atoms with Crippen molar-refractivity contribution in [3.63, 3.8) is 0 Å². The van der Waals surface area contributed by atoms with Gasteiger partial charge in [-0.1, -0.05) is 6.07 Å². The molecule has 1 aromatic rings. The van der Waals surface area contributed by atoms with Crippen molar-refractivity contribution in [3.05, 3.63) is 29.3 Å². The summed E-state index contributed by atoms with van der Waals surface area (Å²) in [5.74, 6) is 0.890. The number of amides is 2. The first kappa shape index (κ1) is 15.9. The third-order valence-electron chi connectivity index (χ3n) is 2.63. The number of nitrogens with one attached hydrogen (secondary N) is 2. The van der Waals surface area contributed by atoms with Crippen molar-refractivity contribution in [2.75, 3.05) is 23.9 Å². The van der Waals surface area contributed by atoms with Crippen LogP contribution in [-0.4, -0.2) is 35.8 Å². The summed E-state index contributed by atoms with van der Waals surface area (Å²) in [5.41, 5.74) is 2.99. The zero-order valence-corrected chi connectivity index (χ0v) is 12.5. The van der Waals surface area contributed by atoms with E-state index in [-0.39, 0.29) is 12.6 Å². The number of carbonyl (C=O) groups excluding carboxylic acids is 1. The molecule has 0 aliphatic heterocycles. The summed E-state index contributed by atoms with van der Waals surface area (Å²) in [6, 6.07) is 5.59. The Kier molecular flexibility index (Phi) is 6.73. The Morgan fingerprint density at radius 2 is 1.95 bits per heavy atom. The van der Waals surface area contributed by atoms with Gasteiger partial charge in [-0.3, -0.25) is 0 Å². The van der Waals surface area contributed by atoms with E-state index in [1.165, 1.54) is 0 Å². The number of aliphatic hydroxyl groups excluding tert-OH is 1. The van der Waals surface area contributed by atoms with Crippen LogP contribution in [0, 0.1) is 13.8 Å². The molecule has 5 heteroatoms. The fourth-order valence-corrected chi connectivity index (χ4v) is 2.30. The molecule has 1 unspecified atom stereocenters. The number of thioether (sulfide) groups is 1. The molecular weight excluding hydrogens is 260 g/mol. The van der Waals surface area contributed by atoms with Crippen molar-refractivity contribution in [2.45, 2.75) is 26.4 Å². The second-order valence-electron chi connectivity index (χ2n) is 4.65. The molecule has 19 heavy (non-hydrogen) atoms. The first-order valence-corrected chi connectivity index (χ1v) is 7.71. The molecule has 1 aromatic carbocycles. The number of hydrogen-bond donors (Lipinski definition) is 3. The van der Waals surface area contributed by atoms with Crippen LogP contribution in [0.15, 0.2) is 18.2 Å². The van der Waals surface area contributed by atoms with Crippen molar-refractivity contribution in [1.82, 2.24) is 5.32 Å². The van der Waals surface area contributed by atoms with Gasteiger partial charge >= 0.3 is 6.03 Å². The highest BCUT2D eigenvalue weighted by molar-refractivity contribution is 7.98. The standard InChI is InChI=1S/C14H22N2O2S/c1-10-6-11(2)8-12(7-10)16-14(18)15-9-13(17)4-5-19-3/h6-8,13,17H,4-5,9H2,1-3H3,(H2,15,16,18). The number of carbonyl (C=O) groups is 1. The molecule has 0 saturated carbocycles. The van der Waals surface area contributed by atoms with Crippen LogP contribution < -0.4 is 10.6 Å². The lowest BCUT2D eigenvalue weighted by Crippen LogP contribution is -2.35.